The van der Waals surface area contributed by atoms with E-state index < -0.39 is 0 Å². The summed E-state index contributed by atoms with van der Waals surface area (Å²) in [6, 6.07) is 21.4. The van der Waals surface area contributed by atoms with Gasteiger partial charge in [0.2, 0.25) is 0 Å². The number of benzene rings is 3. The zero-order valence-corrected chi connectivity index (χ0v) is 15.5. The molecule has 0 aliphatic heterocycles. The van der Waals surface area contributed by atoms with Crippen molar-refractivity contribution in [2.24, 2.45) is 0 Å². The molecule has 3 nitrogen and oxygen atoms in total. The van der Waals surface area contributed by atoms with Crippen molar-refractivity contribution >= 4 is 38.7 Å². The summed E-state index contributed by atoms with van der Waals surface area (Å²) in [5, 5.41) is 0.989. The second-order valence-corrected chi connectivity index (χ2v) is 7.37. The van der Waals surface area contributed by atoms with Crippen molar-refractivity contribution in [1.29, 1.82) is 0 Å². The number of hydrogen-bond acceptors (Lipinski definition) is 3. The monoisotopic (exact) mass is 376 g/mol. The Balaban J connectivity index is 1.73. The van der Waals surface area contributed by atoms with Gasteiger partial charge >= 0.3 is 0 Å². The molecule has 0 saturated heterocycles. The minimum absolute atomic E-state index is 0.0778. The first kappa shape index (κ1) is 17.2. The van der Waals surface area contributed by atoms with Gasteiger partial charge in [-0.25, -0.2) is 4.39 Å². The summed E-state index contributed by atoms with van der Waals surface area (Å²) >= 11 is 1.45. The molecule has 27 heavy (non-hydrogen) atoms. The molecule has 4 aromatic rings. The van der Waals surface area contributed by atoms with Crippen LogP contribution in [-0.4, -0.2) is 13.0 Å². The number of nitrogens with two attached hydrogens (primary N) is 1. The second-order valence-electron chi connectivity index (χ2n) is 6.29. The van der Waals surface area contributed by atoms with Crippen molar-refractivity contribution < 1.29 is 9.18 Å². The number of nitrogens with zero attached hydrogens (tertiary/aromatic N) is 1. The largest absolute Gasteiger partial charge is 0.399 e. The number of thiophene rings is 1. The van der Waals surface area contributed by atoms with Crippen LogP contribution in [0.1, 0.15) is 9.67 Å². The van der Waals surface area contributed by atoms with E-state index in [0.717, 1.165) is 26.9 Å². The number of nitrogen functional groups attached to an aromatic ring is 1. The van der Waals surface area contributed by atoms with E-state index in [-0.39, 0.29) is 11.7 Å². The van der Waals surface area contributed by atoms with Crippen LogP contribution in [0.3, 0.4) is 0 Å². The number of halogens is 1. The number of amides is 1. The molecule has 4 rings (SSSR count). The lowest BCUT2D eigenvalue weighted by atomic mass is 10.0. The Labute approximate surface area is 160 Å². The summed E-state index contributed by atoms with van der Waals surface area (Å²) in [4.78, 5) is 15.2. The maximum absolute atomic E-state index is 13.2. The third-order valence-corrected chi connectivity index (χ3v) is 5.60. The van der Waals surface area contributed by atoms with Gasteiger partial charge in [-0.2, -0.15) is 0 Å². The van der Waals surface area contributed by atoms with E-state index in [1.165, 1.54) is 23.5 Å². The van der Waals surface area contributed by atoms with E-state index >= 15 is 0 Å². The van der Waals surface area contributed by atoms with Crippen molar-refractivity contribution in [3.05, 3.63) is 83.5 Å². The molecule has 0 fully saturated rings. The van der Waals surface area contributed by atoms with Crippen LogP contribution in [0, 0.1) is 5.82 Å². The lowest BCUT2D eigenvalue weighted by Crippen LogP contribution is -2.25. The minimum atomic E-state index is -0.266. The number of rotatable bonds is 3. The summed E-state index contributed by atoms with van der Waals surface area (Å²) in [6.45, 7) is 0. The number of carbonyl (C=O) groups excluding carboxylic acids is 1. The highest BCUT2D eigenvalue weighted by molar-refractivity contribution is 7.21. The molecule has 3 aromatic carbocycles. The predicted molar refractivity (Wildman–Crippen MR) is 111 cm³/mol. The molecule has 1 amide bonds. The number of hydrogen-bond donors (Lipinski definition) is 1. The van der Waals surface area contributed by atoms with E-state index in [0.29, 0.717) is 10.6 Å². The molecular weight excluding hydrogens is 359 g/mol. The average molecular weight is 376 g/mol. The third kappa shape index (κ3) is 3.29. The fourth-order valence-corrected chi connectivity index (χ4v) is 4.09. The Hall–Kier alpha value is -3.18. The summed E-state index contributed by atoms with van der Waals surface area (Å²) < 4.78 is 14.3. The Morgan fingerprint density at radius 1 is 1.00 bits per heavy atom. The summed E-state index contributed by atoms with van der Waals surface area (Å²) in [5.41, 5.74) is 9.07. The fraction of sp³-hybridized carbons (Fsp3) is 0.0455. The smallest absolute Gasteiger partial charge is 0.268 e. The number of anilines is 2. The first-order valence-corrected chi connectivity index (χ1v) is 9.27. The van der Waals surface area contributed by atoms with Crippen molar-refractivity contribution in [1.82, 2.24) is 0 Å². The number of fused-ring (bicyclic) bond motifs is 1. The van der Waals surface area contributed by atoms with Crippen LogP contribution >= 0.6 is 11.3 Å². The van der Waals surface area contributed by atoms with Gasteiger partial charge < -0.3 is 10.6 Å². The van der Waals surface area contributed by atoms with Gasteiger partial charge in [0.15, 0.2) is 0 Å². The summed E-state index contributed by atoms with van der Waals surface area (Å²) in [5.74, 6) is -0.344. The first-order valence-electron chi connectivity index (χ1n) is 8.45. The van der Waals surface area contributed by atoms with Crippen molar-refractivity contribution in [3.8, 4) is 11.1 Å². The molecule has 134 valence electrons. The quantitative estimate of drug-likeness (QED) is 0.475. The lowest BCUT2D eigenvalue weighted by Gasteiger charge is -2.16. The van der Waals surface area contributed by atoms with Gasteiger partial charge in [-0.15, -0.1) is 11.3 Å². The molecule has 1 aromatic heterocycles. The molecule has 1 heterocycles. The molecule has 2 N–H and O–H groups in total. The molecule has 0 atom stereocenters. The Morgan fingerprint density at radius 2 is 1.70 bits per heavy atom. The molecule has 0 radical (unpaired) electrons. The van der Waals surface area contributed by atoms with E-state index in [4.69, 9.17) is 5.73 Å². The van der Waals surface area contributed by atoms with Gasteiger partial charge in [0.05, 0.1) is 4.88 Å². The molecule has 0 saturated carbocycles. The second kappa shape index (κ2) is 6.85. The predicted octanol–water partition coefficient (Wildman–Crippen LogP) is 5.57. The van der Waals surface area contributed by atoms with Crippen LogP contribution in [0.15, 0.2) is 72.8 Å². The Kier molecular flexibility index (Phi) is 4.38. The highest BCUT2D eigenvalue weighted by Crippen LogP contribution is 2.35. The van der Waals surface area contributed by atoms with Gasteiger partial charge in [0.1, 0.15) is 5.82 Å². The maximum atomic E-state index is 13.2. The van der Waals surface area contributed by atoms with Crippen molar-refractivity contribution in [2.75, 3.05) is 17.7 Å². The first-order chi connectivity index (χ1) is 13.0. The highest BCUT2D eigenvalue weighted by atomic mass is 32.1. The van der Waals surface area contributed by atoms with Crippen molar-refractivity contribution in [3.63, 3.8) is 0 Å². The SMILES string of the molecule is CN(C(=O)c1cc2c(-c3ccc(F)cc3)cccc2s1)c1ccc(N)cc1. The van der Waals surface area contributed by atoms with Crippen LogP contribution in [0.5, 0.6) is 0 Å². The summed E-state index contributed by atoms with van der Waals surface area (Å²) in [6.07, 6.45) is 0. The van der Waals surface area contributed by atoms with Gasteiger partial charge in [0.25, 0.3) is 5.91 Å². The zero-order chi connectivity index (χ0) is 19.0. The molecule has 0 aliphatic carbocycles. The molecule has 5 heteroatoms. The Bertz CT molecular complexity index is 1120. The van der Waals surface area contributed by atoms with Crippen LogP contribution < -0.4 is 10.6 Å². The Morgan fingerprint density at radius 3 is 2.41 bits per heavy atom. The van der Waals surface area contributed by atoms with Gasteiger partial charge in [0, 0.05) is 28.5 Å². The standard InChI is InChI=1S/C22H17FN2OS/c1-25(17-11-9-16(24)10-12-17)22(26)21-13-19-18(3-2-4-20(19)27-21)14-5-7-15(23)8-6-14/h2-13H,24H2,1H3. The molecule has 0 bridgehead atoms. The molecule has 0 spiro atoms. The third-order valence-electron chi connectivity index (χ3n) is 4.51. The highest BCUT2D eigenvalue weighted by Gasteiger charge is 2.18. The average Bonchev–Trinajstić information content (AvgIpc) is 3.12. The molecule has 0 unspecified atom stereocenters. The van der Waals surface area contributed by atoms with Gasteiger partial charge in [-0.05, 0) is 59.7 Å². The van der Waals surface area contributed by atoms with Crippen LogP contribution in [0.2, 0.25) is 0 Å². The van der Waals surface area contributed by atoms with E-state index in [1.54, 1.807) is 36.2 Å². The summed E-state index contributed by atoms with van der Waals surface area (Å²) in [7, 11) is 1.75. The van der Waals surface area contributed by atoms with E-state index in [1.807, 2.05) is 36.4 Å². The van der Waals surface area contributed by atoms with Crippen molar-refractivity contribution in [2.45, 2.75) is 0 Å². The van der Waals surface area contributed by atoms with Crippen LogP contribution in [-0.2, 0) is 0 Å². The number of carbonyl (C=O) groups is 1. The molecular formula is C22H17FN2OS. The fourth-order valence-electron chi connectivity index (χ4n) is 3.03. The normalized spacial score (nSPS) is 10.9. The van der Waals surface area contributed by atoms with E-state index in [9.17, 15) is 9.18 Å². The van der Waals surface area contributed by atoms with Gasteiger partial charge in [-0.3, -0.25) is 4.79 Å². The van der Waals surface area contributed by atoms with Crippen LogP contribution in [0.25, 0.3) is 21.2 Å². The van der Waals surface area contributed by atoms with E-state index in [2.05, 4.69) is 0 Å². The van der Waals surface area contributed by atoms with Gasteiger partial charge in [-0.1, -0.05) is 24.3 Å². The topological polar surface area (TPSA) is 46.3 Å². The van der Waals surface area contributed by atoms with Crippen LogP contribution in [0.4, 0.5) is 15.8 Å². The zero-order valence-electron chi connectivity index (χ0n) is 14.6. The molecule has 0 aliphatic rings. The maximum Gasteiger partial charge on any atom is 0.268 e. The lowest BCUT2D eigenvalue weighted by molar-refractivity contribution is 0.0997. The minimum Gasteiger partial charge on any atom is -0.399 e.